The number of carbonyl (C=O) groups is 2. The number of alkyl carbamates (subject to hydrolysis) is 1. The second-order valence-electron chi connectivity index (χ2n) is 3.80. The molecule has 0 spiro atoms. The Bertz CT molecular complexity index is 426. The zero-order valence-corrected chi connectivity index (χ0v) is 11.5. The van der Waals surface area contributed by atoms with Crippen LogP contribution in [0.3, 0.4) is 0 Å². The molecule has 0 radical (unpaired) electrons. The van der Waals surface area contributed by atoms with E-state index in [1.807, 2.05) is 18.2 Å². The lowest BCUT2D eigenvalue weighted by Gasteiger charge is -2.15. The van der Waals surface area contributed by atoms with E-state index in [-0.39, 0.29) is 19.1 Å². The highest BCUT2D eigenvalue weighted by Crippen LogP contribution is 2.01. The minimum absolute atomic E-state index is 0.0115. The van der Waals surface area contributed by atoms with Crippen molar-refractivity contribution in [2.75, 3.05) is 19.1 Å². The van der Waals surface area contributed by atoms with Crippen LogP contribution in [0.25, 0.3) is 0 Å². The summed E-state index contributed by atoms with van der Waals surface area (Å²) in [5.74, 6) is -0.618. The van der Waals surface area contributed by atoms with E-state index in [2.05, 4.69) is 5.32 Å². The van der Waals surface area contributed by atoms with E-state index in [0.717, 1.165) is 5.56 Å². The van der Waals surface area contributed by atoms with Crippen molar-refractivity contribution in [1.29, 1.82) is 0 Å². The highest BCUT2D eigenvalue weighted by molar-refractivity contribution is 6.18. The first-order valence-corrected chi connectivity index (χ1v) is 6.51. The molecule has 1 aromatic carbocycles. The number of amides is 1. The molecule has 0 heterocycles. The molecule has 1 aromatic rings. The van der Waals surface area contributed by atoms with E-state index in [4.69, 9.17) is 26.2 Å². The average molecular weight is 302 g/mol. The minimum Gasteiger partial charge on any atom is -0.463 e. The largest absolute Gasteiger partial charge is 0.463 e. The Balaban J connectivity index is 2.37. The molecule has 0 bridgehead atoms. The molecule has 7 heteroatoms. The van der Waals surface area contributed by atoms with Crippen LogP contribution < -0.4 is 5.32 Å². The third-order valence-corrected chi connectivity index (χ3v) is 2.45. The van der Waals surface area contributed by atoms with Gasteiger partial charge >= 0.3 is 12.1 Å². The van der Waals surface area contributed by atoms with Crippen LogP contribution in [0, 0.1) is 0 Å². The van der Waals surface area contributed by atoms with Crippen LogP contribution >= 0.6 is 11.6 Å². The van der Waals surface area contributed by atoms with Crippen LogP contribution in [-0.2, 0) is 20.9 Å². The summed E-state index contributed by atoms with van der Waals surface area (Å²) < 4.78 is 9.63. The predicted octanol–water partition coefficient (Wildman–Crippen LogP) is 1.06. The van der Waals surface area contributed by atoms with Crippen molar-refractivity contribution in [3.8, 4) is 0 Å². The molecule has 0 aliphatic carbocycles. The normalized spacial score (nSPS) is 11.5. The SMILES string of the molecule is O=C(N[C@@H](CO)C(=O)OCCCl)OCc1ccccc1. The molecule has 20 heavy (non-hydrogen) atoms. The number of ether oxygens (including phenoxy) is 2. The summed E-state index contributed by atoms with van der Waals surface area (Å²) in [6.45, 7) is -0.499. The minimum atomic E-state index is -1.17. The Kier molecular flexibility index (Phi) is 7.46. The molecule has 0 fully saturated rings. The van der Waals surface area contributed by atoms with Crippen LogP contribution in [0.2, 0.25) is 0 Å². The lowest BCUT2D eigenvalue weighted by Crippen LogP contribution is -2.44. The quantitative estimate of drug-likeness (QED) is 0.581. The molecular formula is C13H16ClNO5. The molecule has 0 aromatic heterocycles. The lowest BCUT2D eigenvalue weighted by molar-refractivity contribution is -0.146. The van der Waals surface area contributed by atoms with E-state index in [0.29, 0.717) is 0 Å². The molecule has 6 nitrogen and oxygen atoms in total. The van der Waals surface area contributed by atoms with Gasteiger partial charge in [-0.25, -0.2) is 9.59 Å². The van der Waals surface area contributed by atoms with Gasteiger partial charge in [0.25, 0.3) is 0 Å². The summed E-state index contributed by atoms with van der Waals surface area (Å²) in [6, 6.07) is 7.91. The summed E-state index contributed by atoms with van der Waals surface area (Å²) in [4.78, 5) is 22.9. The van der Waals surface area contributed by atoms with Crippen molar-refractivity contribution >= 4 is 23.7 Å². The fraction of sp³-hybridized carbons (Fsp3) is 0.385. The van der Waals surface area contributed by atoms with Crippen LogP contribution in [0.15, 0.2) is 30.3 Å². The number of hydrogen-bond donors (Lipinski definition) is 2. The van der Waals surface area contributed by atoms with Gasteiger partial charge in [0.1, 0.15) is 13.2 Å². The van der Waals surface area contributed by atoms with E-state index in [1.54, 1.807) is 12.1 Å². The Morgan fingerprint density at radius 3 is 2.55 bits per heavy atom. The van der Waals surface area contributed by atoms with E-state index in [1.165, 1.54) is 0 Å². The van der Waals surface area contributed by atoms with Crippen molar-refractivity contribution in [3.05, 3.63) is 35.9 Å². The Labute approximate surface area is 121 Å². The smallest absolute Gasteiger partial charge is 0.408 e. The molecule has 0 aliphatic heterocycles. The summed E-state index contributed by atoms with van der Waals surface area (Å²) in [7, 11) is 0. The van der Waals surface area contributed by atoms with Gasteiger partial charge in [-0.15, -0.1) is 11.6 Å². The van der Waals surface area contributed by atoms with E-state index >= 15 is 0 Å². The summed E-state index contributed by atoms with van der Waals surface area (Å²) >= 11 is 5.37. The maximum Gasteiger partial charge on any atom is 0.408 e. The first kappa shape index (κ1) is 16.3. The number of benzene rings is 1. The molecule has 0 saturated heterocycles. The molecule has 0 aliphatic rings. The van der Waals surface area contributed by atoms with Crippen molar-refractivity contribution in [2.24, 2.45) is 0 Å². The van der Waals surface area contributed by atoms with Crippen LogP contribution in [0.1, 0.15) is 5.56 Å². The Morgan fingerprint density at radius 1 is 1.25 bits per heavy atom. The number of carbonyl (C=O) groups excluding carboxylic acids is 2. The monoisotopic (exact) mass is 301 g/mol. The van der Waals surface area contributed by atoms with Gasteiger partial charge in [0.2, 0.25) is 0 Å². The number of aliphatic hydroxyl groups is 1. The zero-order chi connectivity index (χ0) is 14.8. The van der Waals surface area contributed by atoms with Crippen molar-refractivity contribution < 1.29 is 24.2 Å². The molecule has 1 amide bonds. The highest BCUT2D eigenvalue weighted by atomic mass is 35.5. The number of halogens is 1. The number of esters is 1. The van der Waals surface area contributed by atoms with Gasteiger partial charge in [-0.3, -0.25) is 0 Å². The predicted molar refractivity (Wildman–Crippen MR) is 72.3 cm³/mol. The number of rotatable bonds is 7. The second-order valence-corrected chi connectivity index (χ2v) is 4.18. The van der Waals surface area contributed by atoms with E-state index < -0.39 is 24.7 Å². The molecule has 1 rings (SSSR count). The number of hydrogen-bond acceptors (Lipinski definition) is 5. The van der Waals surface area contributed by atoms with Gasteiger partial charge in [0.15, 0.2) is 6.04 Å². The van der Waals surface area contributed by atoms with Gasteiger partial charge < -0.3 is 19.9 Å². The standard InChI is InChI=1S/C13H16ClNO5/c14-6-7-19-12(17)11(8-16)15-13(18)20-9-10-4-2-1-3-5-10/h1-5,11,16H,6-9H2,(H,15,18)/t11-/m0/s1. The van der Waals surface area contributed by atoms with Gasteiger partial charge in [-0.1, -0.05) is 30.3 Å². The molecule has 2 N–H and O–H groups in total. The maximum absolute atomic E-state index is 11.5. The zero-order valence-electron chi connectivity index (χ0n) is 10.8. The highest BCUT2D eigenvalue weighted by Gasteiger charge is 2.21. The van der Waals surface area contributed by atoms with Crippen LogP contribution in [-0.4, -0.2) is 42.3 Å². The number of alkyl halides is 1. The van der Waals surface area contributed by atoms with Crippen molar-refractivity contribution in [2.45, 2.75) is 12.6 Å². The van der Waals surface area contributed by atoms with Crippen LogP contribution in [0.4, 0.5) is 4.79 Å². The molecular weight excluding hydrogens is 286 g/mol. The van der Waals surface area contributed by atoms with Gasteiger partial charge in [0.05, 0.1) is 12.5 Å². The van der Waals surface area contributed by atoms with Gasteiger partial charge in [-0.2, -0.15) is 0 Å². The first-order valence-electron chi connectivity index (χ1n) is 5.98. The molecule has 0 saturated carbocycles. The molecule has 110 valence electrons. The Morgan fingerprint density at radius 2 is 1.95 bits per heavy atom. The number of aliphatic hydroxyl groups excluding tert-OH is 1. The summed E-state index contributed by atoms with van der Waals surface area (Å²) in [5.41, 5.74) is 0.813. The van der Waals surface area contributed by atoms with Crippen molar-refractivity contribution in [1.82, 2.24) is 5.32 Å². The lowest BCUT2D eigenvalue weighted by atomic mass is 10.2. The fourth-order valence-corrected chi connectivity index (χ4v) is 1.40. The van der Waals surface area contributed by atoms with Gasteiger partial charge in [-0.05, 0) is 5.56 Å². The summed E-state index contributed by atoms with van der Waals surface area (Å²) in [5, 5.41) is 11.2. The first-order chi connectivity index (χ1) is 9.67. The van der Waals surface area contributed by atoms with E-state index in [9.17, 15) is 9.59 Å². The third kappa shape index (κ3) is 5.90. The fourth-order valence-electron chi connectivity index (χ4n) is 1.33. The molecule has 1 atom stereocenters. The average Bonchev–Trinajstić information content (AvgIpc) is 2.49. The maximum atomic E-state index is 11.5. The number of nitrogens with one attached hydrogen (secondary N) is 1. The van der Waals surface area contributed by atoms with Gasteiger partial charge in [0, 0.05) is 0 Å². The second kappa shape index (κ2) is 9.17. The third-order valence-electron chi connectivity index (χ3n) is 2.29. The Hall–Kier alpha value is -1.79. The summed E-state index contributed by atoms with van der Waals surface area (Å²) in [6.07, 6.45) is -0.810. The van der Waals surface area contributed by atoms with Crippen LogP contribution in [0.5, 0.6) is 0 Å². The van der Waals surface area contributed by atoms with Crippen molar-refractivity contribution in [3.63, 3.8) is 0 Å². The molecule has 0 unspecified atom stereocenters. The topological polar surface area (TPSA) is 84.9 Å².